The third kappa shape index (κ3) is 4.24. The van der Waals surface area contributed by atoms with Crippen LogP contribution >= 0.6 is 0 Å². The number of pyridine rings is 1. The van der Waals surface area contributed by atoms with Gasteiger partial charge in [-0.3, -0.25) is 9.36 Å². The molecule has 176 valence electrons. The number of carboxylic acid groups (broad SMARTS) is 1. The van der Waals surface area contributed by atoms with Crippen molar-refractivity contribution in [1.29, 1.82) is 5.26 Å². The van der Waals surface area contributed by atoms with Crippen LogP contribution in [0, 0.1) is 16.7 Å². The number of nitrogens with one attached hydrogen (secondary N) is 1. The molecule has 1 amide bonds. The molecule has 3 heterocycles. The zero-order valence-electron chi connectivity index (χ0n) is 19.1. The Morgan fingerprint density at radius 2 is 2.00 bits per heavy atom. The normalized spacial score (nSPS) is 24.1. The number of hydrogen-bond acceptors (Lipinski definition) is 6. The quantitative estimate of drug-likeness (QED) is 0.722. The second kappa shape index (κ2) is 8.61. The molecule has 2 N–H and O–H groups in total. The first-order valence-corrected chi connectivity index (χ1v) is 11.3. The van der Waals surface area contributed by atoms with Gasteiger partial charge in [0, 0.05) is 24.2 Å². The number of nitrogens with zero attached hydrogens (tertiary/aromatic N) is 5. The van der Waals surface area contributed by atoms with Crippen LogP contribution in [0.15, 0.2) is 17.1 Å². The molecule has 0 spiro atoms. The summed E-state index contributed by atoms with van der Waals surface area (Å²) < 4.78 is 17.2. The smallest absolute Gasteiger partial charge is 0.407 e. The summed E-state index contributed by atoms with van der Waals surface area (Å²) >= 11 is 0. The highest BCUT2D eigenvalue weighted by atomic mass is 19.1. The van der Waals surface area contributed by atoms with Crippen molar-refractivity contribution in [1.82, 2.24) is 19.4 Å². The molecule has 2 fully saturated rings. The van der Waals surface area contributed by atoms with E-state index in [-0.39, 0.29) is 36.1 Å². The summed E-state index contributed by atoms with van der Waals surface area (Å²) in [5.74, 6) is 0.183. The molecule has 0 bridgehead atoms. The van der Waals surface area contributed by atoms with Crippen LogP contribution in [0.2, 0.25) is 0 Å². The minimum atomic E-state index is -1.47. The van der Waals surface area contributed by atoms with Crippen LogP contribution in [-0.2, 0) is 0 Å². The number of hydrogen-bond donors (Lipinski definition) is 2. The van der Waals surface area contributed by atoms with Crippen LogP contribution in [0.5, 0.6) is 0 Å². The monoisotopic (exact) mass is 456 g/mol. The van der Waals surface area contributed by atoms with Gasteiger partial charge < -0.3 is 15.3 Å². The molecule has 1 aliphatic carbocycles. The van der Waals surface area contributed by atoms with Crippen LogP contribution in [0.4, 0.5) is 15.1 Å². The number of anilines is 1. The first-order chi connectivity index (χ1) is 15.6. The Morgan fingerprint density at radius 3 is 2.61 bits per heavy atom. The summed E-state index contributed by atoms with van der Waals surface area (Å²) in [5.41, 5.74) is -0.489. The molecule has 0 aromatic carbocycles. The minimum absolute atomic E-state index is 0.0333. The highest BCUT2D eigenvalue weighted by molar-refractivity contribution is 5.77. The summed E-state index contributed by atoms with van der Waals surface area (Å²) in [6.07, 6.45) is 2.89. The Kier molecular flexibility index (Phi) is 5.99. The van der Waals surface area contributed by atoms with Crippen molar-refractivity contribution in [2.24, 2.45) is 5.41 Å². The summed E-state index contributed by atoms with van der Waals surface area (Å²) in [7, 11) is 0. The maximum atomic E-state index is 15.6. The van der Waals surface area contributed by atoms with Crippen LogP contribution < -0.4 is 10.9 Å². The number of amides is 1. The number of nitriles is 1. The minimum Gasteiger partial charge on any atom is -0.465 e. The van der Waals surface area contributed by atoms with E-state index in [1.54, 1.807) is 4.57 Å². The highest BCUT2D eigenvalue weighted by Crippen LogP contribution is 2.35. The van der Waals surface area contributed by atoms with Gasteiger partial charge in [-0.25, -0.2) is 14.2 Å². The average molecular weight is 457 g/mol. The van der Waals surface area contributed by atoms with Gasteiger partial charge in [0.1, 0.15) is 23.5 Å². The molecule has 4 rings (SSSR count). The fourth-order valence-electron chi connectivity index (χ4n) is 5.22. The molecule has 10 heteroatoms. The van der Waals surface area contributed by atoms with Gasteiger partial charge in [-0.15, -0.1) is 0 Å². The van der Waals surface area contributed by atoms with E-state index >= 15 is 4.39 Å². The predicted molar refractivity (Wildman–Crippen MR) is 121 cm³/mol. The van der Waals surface area contributed by atoms with Gasteiger partial charge in [-0.2, -0.15) is 10.2 Å². The molecule has 33 heavy (non-hydrogen) atoms. The number of fused-ring (bicyclic) bond motifs is 1. The summed E-state index contributed by atoms with van der Waals surface area (Å²) in [6, 6.07) is 1.93. The van der Waals surface area contributed by atoms with Crippen LogP contribution in [-0.4, -0.2) is 55.4 Å². The number of alkyl halides is 1. The van der Waals surface area contributed by atoms with E-state index in [2.05, 4.69) is 15.3 Å². The fraction of sp³-hybridized carbons (Fsp3) is 0.609. The number of carbonyl (C=O) groups is 1. The van der Waals surface area contributed by atoms with Crippen LogP contribution in [0.1, 0.15) is 64.5 Å². The van der Waals surface area contributed by atoms with Gasteiger partial charge in [0.15, 0.2) is 0 Å². The number of likely N-dealkylation sites (tertiary alicyclic amines) is 1. The highest BCUT2D eigenvalue weighted by Gasteiger charge is 2.46. The van der Waals surface area contributed by atoms with Crippen LogP contribution in [0.25, 0.3) is 11.0 Å². The SMILES string of the molecule is CC(C)(C)C1C(F)C(Nc2ncc3cc(C#N)c(=O)n(C4CCCC4)c3n2)CCN1C(=O)O. The van der Waals surface area contributed by atoms with Crippen LogP contribution in [0.3, 0.4) is 0 Å². The molecular weight excluding hydrogens is 427 g/mol. The van der Waals surface area contributed by atoms with E-state index in [4.69, 9.17) is 0 Å². The van der Waals surface area contributed by atoms with E-state index < -0.39 is 29.8 Å². The lowest BCUT2D eigenvalue weighted by Crippen LogP contribution is -2.61. The van der Waals surface area contributed by atoms with Crippen molar-refractivity contribution >= 4 is 23.1 Å². The Labute approximate surface area is 191 Å². The van der Waals surface area contributed by atoms with E-state index in [9.17, 15) is 20.0 Å². The molecule has 3 atom stereocenters. The van der Waals surface area contributed by atoms with Crippen molar-refractivity contribution in [3.05, 3.63) is 28.2 Å². The lowest BCUT2D eigenvalue weighted by Gasteiger charge is -2.46. The Morgan fingerprint density at radius 1 is 1.30 bits per heavy atom. The summed E-state index contributed by atoms with van der Waals surface area (Å²) in [6.45, 7) is 5.66. The summed E-state index contributed by atoms with van der Waals surface area (Å²) in [5, 5.41) is 22.6. The summed E-state index contributed by atoms with van der Waals surface area (Å²) in [4.78, 5) is 34.7. The van der Waals surface area contributed by atoms with E-state index in [0.717, 1.165) is 25.7 Å². The van der Waals surface area contributed by atoms with E-state index in [1.165, 1.54) is 17.2 Å². The maximum absolute atomic E-state index is 15.6. The lowest BCUT2D eigenvalue weighted by molar-refractivity contribution is 0.00157. The second-order valence-electron chi connectivity index (χ2n) is 10.0. The number of piperidine rings is 1. The van der Waals surface area contributed by atoms with Gasteiger partial charge in [0.2, 0.25) is 5.95 Å². The topological polar surface area (TPSA) is 124 Å². The average Bonchev–Trinajstić information content (AvgIpc) is 3.27. The molecule has 2 aliphatic rings. The lowest BCUT2D eigenvalue weighted by atomic mass is 9.78. The molecule has 2 aromatic rings. The van der Waals surface area contributed by atoms with E-state index in [0.29, 0.717) is 11.0 Å². The standard InChI is InChI=1S/C23H29FN6O3/c1-23(2,3)18-17(24)16(8-9-29(18)22(32)33)27-21-26-12-14-10-13(11-25)20(31)30(19(14)28-21)15-6-4-5-7-15/h10,12,15-18H,4-9H2,1-3H3,(H,32,33)(H,26,27,28). The Balaban J connectivity index is 1.70. The largest absolute Gasteiger partial charge is 0.465 e. The fourth-order valence-corrected chi connectivity index (χ4v) is 5.22. The Hall–Kier alpha value is -3.22. The van der Waals surface area contributed by atoms with Crippen molar-refractivity contribution in [2.45, 2.75) is 77.2 Å². The maximum Gasteiger partial charge on any atom is 0.407 e. The molecule has 0 radical (unpaired) electrons. The molecule has 1 aliphatic heterocycles. The predicted octanol–water partition coefficient (Wildman–Crippen LogP) is 3.70. The third-order valence-corrected chi connectivity index (χ3v) is 6.73. The van der Waals surface area contributed by atoms with Crippen molar-refractivity contribution in [2.75, 3.05) is 11.9 Å². The first-order valence-electron chi connectivity index (χ1n) is 11.3. The van der Waals surface area contributed by atoms with Gasteiger partial charge in [0.25, 0.3) is 5.56 Å². The molecular formula is C23H29FN6O3. The number of aromatic nitrogens is 3. The van der Waals surface area contributed by atoms with Gasteiger partial charge in [0.05, 0.1) is 12.1 Å². The van der Waals surface area contributed by atoms with Gasteiger partial charge in [-0.05, 0) is 30.7 Å². The number of rotatable bonds is 3. The zero-order chi connectivity index (χ0) is 23.9. The molecule has 2 aromatic heterocycles. The van der Waals surface area contributed by atoms with Crippen molar-refractivity contribution in [3.8, 4) is 6.07 Å². The van der Waals surface area contributed by atoms with E-state index in [1.807, 2.05) is 26.8 Å². The molecule has 1 saturated heterocycles. The second-order valence-corrected chi connectivity index (χ2v) is 10.0. The Bertz CT molecular complexity index is 1160. The number of halogens is 1. The molecule has 1 saturated carbocycles. The molecule has 9 nitrogen and oxygen atoms in total. The first kappa shape index (κ1) is 23.0. The van der Waals surface area contributed by atoms with Crippen molar-refractivity contribution < 1.29 is 14.3 Å². The third-order valence-electron chi connectivity index (χ3n) is 6.73. The van der Waals surface area contributed by atoms with Gasteiger partial charge in [-0.1, -0.05) is 33.6 Å². The van der Waals surface area contributed by atoms with Crippen molar-refractivity contribution in [3.63, 3.8) is 0 Å². The zero-order valence-corrected chi connectivity index (χ0v) is 19.1. The van der Waals surface area contributed by atoms with Gasteiger partial charge >= 0.3 is 6.09 Å². The molecule has 3 unspecified atom stereocenters.